The zero-order valence-electron chi connectivity index (χ0n) is 15.1. The highest BCUT2D eigenvalue weighted by Crippen LogP contribution is 2.44. The van der Waals surface area contributed by atoms with Crippen LogP contribution in [0.25, 0.3) is 0 Å². The summed E-state index contributed by atoms with van der Waals surface area (Å²) < 4.78 is 0. The third-order valence-corrected chi connectivity index (χ3v) is 6.85. The average molecular weight is 293 g/mol. The van der Waals surface area contributed by atoms with E-state index < -0.39 is 0 Å². The van der Waals surface area contributed by atoms with Crippen molar-refractivity contribution >= 4 is 0 Å². The minimum Gasteiger partial charge on any atom is -0.0622 e. The van der Waals surface area contributed by atoms with Crippen LogP contribution in [0.4, 0.5) is 0 Å². The largest absolute Gasteiger partial charge is 0.0622 e. The summed E-state index contributed by atoms with van der Waals surface area (Å²) in [5.41, 5.74) is 0. The van der Waals surface area contributed by atoms with E-state index in [0.717, 1.165) is 29.6 Å². The van der Waals surface area contributed by atoms with Crippen LogP contribution in [-0.2, 0) is 0 Å². The van der Waals surface area contributed by atoms with Gasteiger partial charge in [-0.2, -0.15) is 0 Å². The molecule has 0 aromatic heterocycles. The molecule has 2 aliphatic carbocycles. The average Bonchev–Trinajstić information content (AvgIpc) is 2.44. The lowest BCUT2D eigenvalue weighted by Crippen LogP contribution is -2.32. The van der Waals surface area contributed by atoms with Crippen LogP contribution in [0.1, 0.15) is 104 Å². The van der Waals surface area contributed by atoms with Crippen LogP contribution in [0.3, 0.4) is 0 Å². The predicted octanol–water partition coefficient (Wildman–Crippen LogP) is 7.23. The fourth-order valence-corrected chi connectivity index (χ4v) is 5.17. The molecule has 0 saturated heterocycles. The summed E-state index contributed by atoms with van der Waals surface area (Å²) in [5, 5.41) is 0. The maximum atomic E-state index is 2.56. The van der Waals surface area contributed by atoms with Gasteiger partial charge < -0.3 is 0 Å². The van der Waals surface area contributed by atoms with Gasteiger partial charge >= 0.3 is 0 Å². The van der Waals surface area contributed by atoms with Crippen LogP contribution in [0.2, 0.25) is 0 Å². The maximum absolute atomic E-state index is 2.56. The summed E-state index contributed by atoms with van der Waals surface area (Å²) >= 11 is 0. The van der Waals surface area contributed by atoms with Gasteiger partial charge in [-0.25, -0.2) is 0 Å². The number of hydrogen-bond acceptors (Lipinski definition) is 0. The zero-order chi connectivity index (χ0) is 15.1. The van der Waals surface area contributed by atoms with Crippen LogP contribution in [0, 0.1) is 29.6 Å². The van der Waals surface area contributed by atoms with Gasteiger partial charge in [-0.15, -0.1) is 0 Å². The first-order valence-electron chi connectivity index (χ1n) is 10.2. The van der Waals surface area contributed by atoms with Crippen molar-refractivity contribution in [1.29, 1.82) is 0 Å². The summed E-state index contributed by atoms with van der Waals surface area (Å²) in [7, 11) is 0. The fraction of sp³-hybridized carbons (Fsp3) is 1.00. The van der Waals surface area contributed by atoms with Crippen molar-refractivity contribution in [2.75, 3.05) is 0 Å². The topological polar surface area (TPSA) is 0 Å². The van der Waals surface area contributed by atoms with E-state index in [9.17, 15) is 0 Å². The summed E-state index contributed by atoms with van der Waals surface area (Å²) in [5.74, 6) is 5.00. The third kappa shape index (κ3) is 5.61. The fourth-order valence-electron chi connectivity index (χ4n) is 5.17. The molecule has 4 atom stereocenters. The van der Waals surface area contributed by atoms with E-state index in [1.807, 2.05) is 0 Å². The van der Waals surface area contributed by atoms with Crippen LogP contribution in [-0.4, -0.2) is 0 Å². The molecule has 0 amide bonds. The second-order valence-corrected chi connectivity index (χ2v) is 8.59. The molecule has 21 heavy (non-hydrogen) atoms. The zero-order valence-corrected chi connectivity index (χ0v) is 15.1. The predicted molar refractivity (Wildman–Crippen MR) is 94.5 cm³/mol. The van der Waals surface area contributed by atoms with Crippen molar-refractivity contribution in [2.45, 2.75) is 104 Å². The van der Waals surface area contributed by atoms with Crippen molar-refractivity contribution in [1.82, 2.24) is 0 Å². The molecular weight excluding hydrogens is 252 g/mol. The Morgan fingerprint density at radius 2 is 0.905 bits per heavy atom. The van der Waals surface area contributed by atoms with Crippen molar-refractivity contribution < 1.29 is 0 Å². The molecule has 2 aliphatic rings. The Kier molecular flexibility index (Phi) is 7.61. The molecule has 0 aliphatic heterocycles. The summed E-state index contributed by atoms with van der Waals surface area (Å²) in [6.45, 7) is 7.56. The lowest BCUT2D eigenvalue weighted by Gasteiger charge is -2.42. The first-order chi connectivity index (χ1) is 10.2. The van der Waals surface area contributed by atoms with E-state index in [2.05, 4.69) is 20.8 Å². The van der Waals surface area contributed by atoms with Crippen LogP contribution in [0.15, 0.2) is 0 Å². The Morgan fingerprint density at radius 3 is 1.43 bits per heavy atom. The molecule has 0 aromatic rings. The van der Waals surface area contributed by atoms with Crippen molar-refractivity contribution in [3.05, 3.63) is 0 Å². The highest BCUT2D eigenvalue weighted by Gasteiger charge is 2.34. The quantitative estimate of drug-likeness (QED) is 0.478. The van der Waals surface area contributed by atoms with Gasteiger partial charge in [0.1, 0.15) is 0 Å². The van der Waals surface area contributed by atoms with Gasteiger partial charge in [0, 0.05) is 0 Å². The van der Waals surface area contributed by atoms with Gasteiger partial charge in [0.25, 0.3) is 0 Å². The SMILES string of the molecule is CC1CC(C)C(C2CCCCCCCCCCC2)CC1C. The standard InChI is InChI=1S/C21H40/c1-17-15-19(3)21(16-18(17)2)20-13-11-9-7-5-4-6-8-10-12-14-20/h17-21H,4-16H2,1-3H3. The summed E-state index contributed by atoms with van der Waals surface area (Å²) in [6, 6.07) is 0. The van der Waals surface area contributed by atoms with Gasteiger partial charge in [-0.1, -0.05) is 91.4 Å². The van der Waals surface area contributed by atoms with Crippen LogP contribution in [0.5, 0.6) is 0 Å². The highest BCUT2D eigenvalue weighted by atomic mass is 14.4. The van der Waals surface area contributed by atoms with E-state index in [0.29, 0.717) is 0 Å². The van der Waals surface area contributed by atoms with Crippen molar-refractivity contribution in [2.24, 2.45) is 29.6 Å². The molecule has 2 rings (SSSR count). The first-order valence-corrected chi connectivity index (χ1v) is 10.2. The van der Waals surface area contributed by atoms with Gasteiger partial charge in [0.2, 0.25) is 0 Å². The minimum absolute atomic E-state index is 0.961. The molecule has 0 bridgehead atoms. The normalized spacial score (nSPS) is 38.4. The van der Waals surface area contributed by atoms with Crippen molar-refractivity contribution in [3.63, 3.8) is 0 Å². The second-order valence-electron chi connectivity index (χ2n) is 8.59. The van der Waals surface area contributed by atoms with Crippen LogP contribution < -0.4 is 0 Å². The Hall–Kier alpha value is 0. The Morgan fingerprint density at radius 1 is 0.476 bits per heavy atom. The first kappa shape index (κ1) is 17.4. The molecule has 0 nitrogen and oxygen atoms in total. The molecular formula is C21H40. The van der Waals surface area contributed by atoms with E-state index in [1.54, 1.807) is 0 Å². The van der Waals surface area contributed by atoms with E-state index >= 15 is 0 Å². The number of hydrogen-bond donors (Lipinski definition) is 0. The monoisotopic (exact) mass is 292 g/mol. The molecule has 2 saturated carbocycles. The van der Waals surface area contributed by atoms with E-state index in [1.165, 1.54) is 83.5 Å². The smallest absolute Gasteiger partial charge is 0.0357 e. The lowest BCUT2D eigenvalue weighted by atomic mass is 9.64. The molecule has 0 heterocycles. The molecule has 0 spiro atoms. The highest BCUT2D eigenvalue weighted by molar-refractivity contribution is 4.84. The van der Waals surface area contributed by atoms with Gasteiger partial charge in [-0.3, -0.25) is 0 Å². The molecule has 0 N–H and O–H groups in total. The molecule has 0 heteroatoms. The Bertz CT molecular complexity index is 257. The van der Waals surface area contributed by atoms with Crippen molar-refractivity contribution in [3.8, 4) is 0 Å². The Labute approximate surface area is 134 Å². The number of rotatable bonds is 1. The Balaban J connectivity index is 1.89. The molecule has 2 fully saturated rings. The lowest BCUT2D eigenvalue weighted by molar-refractivity contribution is 0.0852. The van der Waals surface area contributed by atoms with Crippen LogP contribution >= 0.6 is 0 Å². The molecule has 0 aromatic carbocycles. The van der Waals surface area contributed by atoms with Gasteiger partial charge in [0.15, 0.2) is 0 Å². The molecule has 4 unspecified atom stereocenters. The third-order valence-electron chi connectivity index (χ3n) is 6.85. The molecule has 124 valence electrons. The van der Waals surface area contributed by atoms with E-state index in [-0.39, 0.29) is 0 Å². The van der Waals surface area contributed by atoms with Gasteiger partial charge in [-0.05, 0) is 42.4 Å². The summed E-state index contributed by atoms with van der Waals surface area (Å²) in [6.07, 6.45) is 19.6. The summed E-state index contributed by atoms with van der Waals surface area (Å²) in [4.78, 5) is 0. The van der Waals surface area contributed by atoms with Gasteiger partial charge in [0.05, 0.1) is 0 Å². The minimum atomic E-state index is 0.961. The van der Waals surface area contributed by atoms with E-state index in [4.69, 9.17) is 0 Å². The second kappa shape index (κ2) is 9.21. The molecule has 0 radical (unpaired) electrons. The maximum Gasteiger partial charge on any atom is -0.0357 e.